The summed E-state index contributed by atoms with van der Waals surface area (Å²) < 4.78 is 21.3. The number of nitro groups is 1. The van der Waals surface area contributed by atoms with Crippen LogP contribution < -0.4 is 4.90 Å². The number of halogens is 1. The van der Waals surface area contributed by atoms with Gasteiger partial charge in [0.2, 0.25) is 8.41 Å². The number of fused-ring (bicyclic) bond motifs is 2. The van der Waals surface area contributed by atoms with E-state index in [4.69, 9.17) is 4.74 Å². The number of hydrogen-bond donors (Lipinski definition) is 1. The topological polar surface area (TPSA) is 92.9 Å². The summed E-state index contributed by atoms with van der Waals surface area (Å²) in [6.45, 7) is 4.73. The number of non-ortho nitro benzene ring substituents is 1. The average Bonchev–Trinajstić information content (AvgIpc) is 2.96. The summed E-state index contributed by atoms with van der Waals surface area (Å²) in [5, 5.41) is 20.6. The molecule has 0 radical (unpaired) electrons. The molecule has 142 valence electrons. The lowest BCUT2D eigenvalue weighted by Gasteiger charge is -2.30. The second-order valence-electron chi connectivity index (χ2n) is 7.61. The van der Waals surface area contributed by atoms with Gasteiger partial charge >= 0.3 is 0 Å². The van der Waals surface area contributed by atoms with E-state index in [0.29, 0.717) is 11.3 Å². The Balaban J connectivity index is 2.20. The fourth-order valence-corrected chi connectivity index (χ4v) is 7.19. The Hall–Kier alpha value is -1.84. The molecule has 4 atom stereocenters. The molecule has 0 aliphatic carbocycles. The zero-order valence-corrected chi connectivity index (χ0v) is 16.2. The summed E-state index contributed by atoms with van der Waals surface area (Å²) >= 11 is 0. The number of aliphatic hydroxyl groups is 1. The normalized spacial score (nSPS) is 30.9. The van der Waals surface area contributed by atoms with Gasteiger partial charge in [-0.2, -0.15) is 0 Å². The van der Waals surface area contributed by atoms with Crippen molar-refractivity contribution in [2.75, 3.05) is 18.6 Å². The predicted octanol–water partition coefficient (Wildman–Crippen LogP) is 2.73. The highest BCUT2D eigenvalue weighted by Crippen LogP contribution is 2.60. The van der Waals surface area contributed by atoms with Crippen LogP contribution in [0.25, 0.3) is 0 Å². The second kappa shape index (κ2) is 6.10. The Kier molecular flexibility index (Phi) is 4.44. The monoisotopic (exact) mass is 382 g/mol. The fourth-order valence-electron chi connectivity index (χ4n) is 4.65. The van der Waals surface area contributed by atoms with Crippen LogP contribution in [0.15, 0.2) is 18.2 Å². The zero-order chi connectivity index (χ0) is 19.4. The van der Waals surface area contributed by atoms with Crippen LogP contribution in [0.2, 0.25) is 18.6 Å². The highest BCUT2D eigenvalue weighted by Gasteiger charge is 2.66. The Labute approximate surface area is 152 Å². The van der Waals surface area contributed by atoms with E-state index in [1.165, 1.54) is 23.1 Å². The molecule has 1 aromatic carbocycles. The molecule has 1 saturated heterocycles. The van der Waals surface area contributed by atoms with Crippen molar-refractivity contribution in [2.24, 2.45) is 5.92 Å². The number of nitrogens with zero attached hydrogens (tertiary/aromatic N) is 2. The molecule has 2 aliphatic heterocycles. The summed E-state index contributed by atoms with van der Waals surface area (Å²) in [5.74, 6) is -0.840. The number of carbonyl (C=O) groups is 1. The van der Waals surface area contributed by atoms with Gasteiger partial charge in [-0.05, 0) is 25.6 Å². The summed E-state index contributed by atoms with van der Waals surface area (Å²) in [5.41, 5.74) is -1.14. The molecule has 9 heteroatoms. The maximum Gasteiger partial charge on any atom is 0.269 e. The van der Waals surface area contributed by atoms with E-state index in [1.807, 2.05) is 0 Å². The van der Waals surface area contributed by atoms with Crippen LogP contribution in [0.1, 0.15) is 18.9 Å². The molecule has 0 aromatic heterocycles. The molecule has 1 N–H and O–H groups in total. The third-order valence-corrected chi connectivity index (χ3v) is 8.16. The molecule has 0 saturated carbocycles. The van der Waals surface area contributed by atoms with Crippen LogP contribution in [-0.2, 0) is 15.1 Å². The highest BCUT2D eigenvalue weighted by atomic mass is 28.4. The highest BCUT2D eigenvalue weighted by molar-refractivity contribution is 6.72. The van der Waals surface area contributed by atoms with Crippen molar-refractivity contribution in [3.05, 3.63) is 33.9 Å². The van der Waals surface area contributed by atoms with Crippen molar-refractivity contribution in [1.82, 2.24) is 0 Å². The first-order valence-electron chi connectivity index (χ1n) is 8.60. The van der Waals surface area contributed by atoms with Gasteiger partial charge in [-0.15, -0.1) is 0 Å². The summed E-state index contributed by atoms with van der Waals surface area (Å²) in [6, 6.07) is 4.23. The largest absolute Gasteiger partial charge is 0.396 e. The molecule has 0 unspecified atom stereocenters. The number of aliphatic hydroxyl groups excluding tert-OH is 1. The minimum Gasteiger partial charge on any atom is -0.396 e. The van der Waals surface area contributed by atoms with Crippen molar-refractivity contribution in [3.63, 3.8) is 0 Å². The van der Waals surface area contributed by atoms with E-state index in [2.05, 4.69) is 0 Å². The van der Waals surface area contributed by atoms with Crippen molar-refractivity contribution >= 4 is 25.7 Å². The Bertz CT molecular complexity index is 768. The molecule has 1 fully saturated rings. The van der Waals surface area contributed by atoms with Gasteiger partial charge in [0.15, 0.2) is 5.60 Å². The van der Waals surface area contributed by atoms with Crippen LogP contribution in [0.3, 0.4) is 0 Å². The fraction of sp³-hybridized carbons (Fsp3) is 0.588. The number of amides is 1. The molecular weight excluding hydrogens is 359 g/mol. The number of benzene rings is 1. The lowest BCUT2D eigenvalue weighted by atomic mass is 9.82. The average molecular weight is 382 g/mol. The van der Waals surface area contributed by atoms with Crippen LogP contribution in [-0.4, -0.2) is 44.1 Å². The van der Waals surface area contributed by atoms with Crippen LogP contribution in [0.4, 0.5) is 15.5 Å². The predicted molar refractivity (Wildman–Crippen MR) is 96.3 cm³/mol. The smallest absolute Gasteiger partial charge is 0.269 e. The van der Waals surface area contributed by atoms with Gasteiger partial charge in [0.05, 0.1) is 16.7 Å². The maximum absolute atomic E-state index is 15.1. The number of carbonyl (C=O) groups excluding carboxylic acids is 1. The van der Waals surface area contributed by atoms with Crippen molar-refractivity contribution in [2.45, 2.75) is 43.7 Å². The quantitative estimate of drug-likeness (QED) is 0.374. The third-order valence-electron chi connectivity index (χ3n) is 5.70. The molecule has 0 bridgehead atoms. The first kappa shape index (κ1) is 18.9. The molecule has 1 amide bonds. The van der Waals surface area contributed by atoms with E-state index in [1.54, 1.807) is 27.1 Å². The minimum absolute atomic E-state index is 0.138. The molecule has 1 spiro atoms. The SMILES string of the molecule is C[C@@H]1[C@@H]([Si](C)(C)F)[C@H](CCO)O[C@@]12C(=O)N(C)c1ccc([N+](=O)[O-])cc12. The summed E-state index contributed by atoms with van der Waals surface area (Å²) in [7, 11) is -1.64. The standard InChI is InChI=1S/C17H23FN2O5Si/c1-10-15(26(3,4)18)14(7-8-21)25-17(10)12-9-11(20(23)24)5-6-13(12)19(2)16(17)22/h5-6,9-10,14-15,21H,7-8H2,1-4H3/t10-,14+,15-,17+/m1/s1. The van der Waals surface area contributed by atoms with Crippen LogP contribution >= 0.6 is 0 Å². The van der Waals surface area contributed by atoms with Gasteiger partial charge in [0.25, 0.3) is 11.6 Å². The molecule has 3 rings (SSSR count). The first-order valence-corrected chi connectivity index (χ1v) is 11.6. The second-order valence-corrected chi connectivity index (χ2v) is 11.4. The lowest BCUT2D eigenvalue weighted by Crippen LogP contribution is -2.44. The van der Waals surface area contributed by atoms with Crippen molar-refractivity contribution in [1.29, 1.82) is 0 Å². The summed E-state index contributed by atoms with van der Waals surface area (Å²) in [4.78, 5) is 25.3. The molecule has 7 nitrogen and oxygen atoms in total. The number of ether oxygens (including phenoxy) is 1. The van der Waals surface area contributed by atoms with E-state index in [9.17, 15) is 20.0 Å². The zero-order valence-electron chi connectivity index (χ0n) is 15.2. The van der Waals surface area contributed by atoms with Gasteiger partial charge in [-0.1, -0.05) is 6.92 Å². The van der Waals surface area contributed by atoms with E-state index in [0.717, 1.165) is 0 Å². The third kappa shape index (κ3) is 2.49. The van der Waals surface area contributed by atoms with Crippen molar-refractivity contribution in [3.8, 4) is 0 Å². The maximum atomic E-state index is 15.1. The minimum atomic E-state index is -3.23. The molecule has 26 heavy (non-hydrogen) atoms. The van der Waals surface area contributed by atoms with Gasteiger partial charge in [0, 0.05) is 42.8 Å². The van der Waals surface area contributed by atoms with Crippen molar-refractivity contribution < 1.29 is 23.7 Å². The lowest BCUT2D eigenvalue weighted by molar-refractivity contribution is -0.385. The van der Waals surface area contributed by atoms with Gasteiger partial charge in [-0.3, -0.25) is 14.9 Å². The van der Waals surface area contributed by atoms with E-state index < -0.39 is 36.5 Å². The van der Waals surface area contributed by atoms with Gasteiger partial charge in [-0.25, -0.2) is 0 Å². The molecule has 2 heterocycles. The number of nitro benzene ring substituents is 1. The number of anilines is 1. The van der Waals surface area contributed by atoms with E-state index in [-0.39, 0.29) is 24.6 Å². The number of hydrogen-bond acceptors (Lipinski definition) is 5. The number of likely N-dealkylation sites (N-methyl/N-ethyl adjacent to an activating group) is 1. The molecular formula is C17H23FN2O5Si. The first-order chi connectivity index (χ1) is 12.1. The van der Waals surface area contributed by atoms with Gasteiger partial charge in [0.1, 0.15) is 0 Å². The Morgan fingerprint density at radius 1 is 1.46 bits per heavy atom. The summed E-state index contributed by atoms with van der Waals surface area (Å²) in [6.07, 6.45) is -0.387. The Morgan fingerprint density at radius 3 is 2.65 bits per heavy atom. The molecule has 1 aromatic rings. The Morgan fingerprint density at radius 2 is 2.12 bits per heavy atom. The van der Waals surface area contributed by atoms with Gasteiger partial charge < -0.3 is 18.9 Å². The van der Waals surface area contributed by atoms with Crippen LogP contribution in [0, 0.1) is 16.0 Å². The van der Waals surface area contributed by atoms with E-state index >= 15 is 4.11 Å². The molecule has 2 aliphatic rings. The number of rotatable bonds is 4. The van der Waals surface area contributed by atoms with Crippen LogP contribution in [0.5, 0.6) is 0 Å².